The van der Waals surface area contributed by atoms with Crippen LogP contribution >= 0.6 is 22.6 Å². The van der Waals surface area contributed by atoms with Crippen LogP contribution in [-0.4, -0.2) is 5.11 Å². The number of nitrogens with zero attached hydrogens (tertiary/aromatic N) is 1. The standard InChI is InChI=1S/C9H8INO/c1-6-2-3-7(4-8(6)10)9(12)5-11/h2-4,9,12H,1H3. The SMILES string of the molecule is Cc1ccc(C(O)C#N)cc1I. The molecule has 1 aromatic rings. The van der Waals surface area contributed by atoms with Crippen LogP contribution in [0, 0.1) is 21.8 Å². The molecule has 0 bridgehead atoms. The van der Waals surface area contributed by atoms with E-state index in [1.807, 2.05) is 19.1 Å². The molecule has 3 heteroatoms. The highest BCUT2D eigenvalue weighted by Gasteiger charge is 2.05. The van der Waals surface area contributed by atoms with Crippen LogP contribution in [0.3, 0.4) is 0 Å². The first-order valence-electron chi connectivity index (χ1n) is 3.49. The molecule has 0 saturated carbocycles. The Morgan fingerprint density at radius 1 is 1.58 bits per heavy atom. The number of aryl methyl sites for hydroxylation is 1. The van der Waals surface area contributed by atoms with E-state index in [2.05, 4.69) is 22.6 Å². The number of benzene rings is 1. The number of rotatable bonds is 1. The van der Waals surface area contributed by atoms with Crippen molar-refractivity contribution < 1.29 is 5.11 Å². The van der Waals surface area contributed by atoms with Gasteiger partial charge in [0, 0.05) is 3.57 Å². The van der Waals surface area contributed by atoms with Crippen LogP contribution in [0.25, 0.3) is 0 Å². The minimum absolute atomic E-state index is 0.660. The van der Waals surface area contributed by atoms with Crippen molar-refractivity contribution in [3.05, 3.63) is 32.9 Å². The average molecular weight is 273 g/mol. The Hall–Kier alpha value is -0.600. The second-order valence-corrected chi connectivity index (χ2v) is 3.70. The summed E-state index contributed by atoms with van der Waals surface area (Å²) < 4.78 is 1.07. The maximum absolute atomic E-state index is 9.18. The molecule has 0 spiro atoms. The predicted octanol–water partition coefficient (Wildman–Crippen LogP) is 2.16. The predicted molar refractivity (Wildman–Crippen MR) is 54.5 cm³/mol. The summed E-state index contributed by atoms with van der Waals surface area (Å²) in [6.45, 7) is 1.99. The van der Waals surface area contributed by atoms with Crippen LogP contribution in [-0.2, 0) is 0 Å². The van der Waals surface area contributed by atoms with Gasteiger partial charge in [0.2, 0.25) is 0 Å². The molecule has 0 radical (unpaired) electrons. The fourth-order valence-corrected chi connectivity index (χ4v) is 1.39. The van der Waals surface area contributed by atoms with E-state index in [0.717, 1.165) is 9.13 Å². The Balaban J connectivity index is 3.06. The summed E-state index contributed by atoms with van der Waals surface area (Å²) >= 11 is 2.18. The third-order valence-electron chi connectivity index (χ3n) is 1.63. The summed E-state index contributed by atoms with van der Waals surface area (Å²) in [6.07, 6.45) is -1.00. The first-order chi connectivity index (χ1) is 5.65. The zero-order chi connectivity index (χ0) is 9.14. The molecular formula is C9H8INO. The monoisotopic (exact) mass is 273 g/mol. The van der Waals surface area contributed by atoms with Crippen molar-refractivity contribution in [3.63, 3.8) is 0 Å². The van der Waals surface area contributed by atoms with E-state index in [9.17, 15) is 5.11 Å². The minimum atomic E-state index is -1.00. The van der Waals surface area contributed by atoms with E-state index >= 15 is 0 Å². The van der Waals surface area contributed by atoms with Crippen molar-refractivity contribution in [2.24, 2.45) is 0 Å². The first kappa shape index (κ1) is 9.49. The van der Waals surface area contributed by atoms with Gasteiger partial charge in [-0.25, -0.2) is 0 Å². The largest absolute Gasteiger partial charge is 0.374 e. The summed E-state index contributed by atoms with van der Waals surface area (Å²) in [7, 11) is 0. The molecule has 1 rings (SSSR count). The molecule has 0 aliphatic rings. The van der Waals surface area contributed by atoms with Gasteiger partial charge in [-0.05, 0) is 46.7 Å². The van der Waals surface area contributed by atoms with Crippen LogP contribution < -0.4 is 0 Å². The number of aliphatic hydroxyl groups excluding tert-OH is 1. The Labute approximate surface area is 85.0 Å². The summed E-state index contributed by atoms with van der Waals surface area (Å²) in [6, 6.07) is 7.27. The molecule has 1 N–H and O–H groups in total. The Kier molecular flexibility index (Phi) is 3.06. The number of halogens is 1. The van der Waals surface area contributed by atoms with Gasteiger partial charge in [-0.1, -0.05) is 12.1 Å². The summed E-state index contributed by atoms with van der Waals surface area (Å²) in [5.74, 6) is 0. The van der Waals surface area contributed by atoms with Gasteiger partial charge in [-0.2, -0.15) is 5.26 Å². The van der Waals surface area contributed by atoms with E-state index in [-0.39, 0.29) is 0 Å². The van der Waals surface area contributed by atoms with Gasteiger partial charge >= 0.3 is 0 Å². The topological polar surface area (TPSA) is 44.0 Å². The van der Waals surface area contributed by atoms with Crippen LogP contribution in [0.15, 0.2) is 18.2 Å². The minimum Gasteiger partial charge on any atom is -0.374 e. The molecule has 1 aromatic carbocycles. The highest BCUT2D eigenvalue weighted by molar-refractivity contribution is 14.1. The third kappa shape index (κ3) is 1.96. The lowest BCUT2D eigenvalue weighted by Crippen LogP contribution is -1.94. The Morgan fingerprint density at radius 2 is 2.25 bits per heavy atom. The van der Waals surface area contributed by atoms with E-state index in [0.29, 0.717) is 5.56 Å². The molecule has 1 unspecified atom stereocenters. The lowest BCUT2D eigenvalue weighted by Gasteiger charge is -2.04. The third-order valence-corrected chi connectivity index (χ3v) is 2.80. The quantitative estimate of drug-likeness (QED) is 0.629. The zero-order valence-electron chi connectivity index (χ0n) is 6.58. The summed E-state index contributed by atoms with van der Waals surface area (Å²) in [5.41, 5.74) is 1.82. The molecular weight excluding hydrogens is 265 g/mol. The summed E-state index contributed by atoms with van der Waals surface area (Å²) in [4.78, 5) is 0. The van der Waals surface area contributed by atoms with Crippen LogP contribution in [0.2, 0.25) is 0 Å². The molecule has 0 heterocycles. The van der Waals surface area contributed by atoms with E-state index < -0.39 is 6.10 Å². The smallest absolute Gasteiger partial charge is 0.165 e. The molecule has 0 fully saturated rings. The first-order valence-corrected chi connectivity index (χ1v) is 4.56. The second kappa shape index (κ2) is 3.87. The van der Waals surface area contributed by atoms with Gasteiger partial charge in [0.15, 0.2) is 6.10 Å². The van der Waals surface area contributed by atoms with Crippen molar-refractivity contribution in [3.8, 4) is 6.07 Å². The van der Waals surface area contributed by atoms with Crippen molar-refractivity contribution in [2.45, 2.75) is 13.0 Å². The lowest BCUT2D eigenvalue weighted by atomic mass is 10.1. The Bertz CT molecular complexity index is 330. The molecule has 1 atom stereocenters. The lowest BCUT2D eigenvalue weighted by molar-refractivity contribution is 0.236. The van der Waals surface area contributed by atoms with Crippen molar-refractivity contribution in [1.82, 2.24) is 0 Å². The number of aliphatic hydroxyl groups is 1. The van der Waals surface area contributed by atoms with Gasteiger partial charge in [0.1, 0.15) is 0 Å². The molecule has 0 saturated heterocycles. The van der Waals surface area contributed by atoms with Gasteiger partial charge in [0.25, 0.3) is 0 Å². The molecule has 0 aliphatic carbocycles. The maximum Gasteiger partial charge on any atom is 0.165 e. The highest BCUT2D eigenvalue weighted by atomic mass is 127. The van der Waals surface area contributed by atoms with Crippen LogP contribution in [0.4, 0.5) is 0 Å². The van der Waals surface area contributed by atoms with Gasteiger partial charge in [-0.15, -0.1) is 0 Å². The number of hydrogen-bond acceptors (Lipinski definition) is 2. The van der Waals surface area contributed by atoms with E-state index in [1.54, 1.807) is 12.1 Å². The van der Waals surface area contributed by atoms with Crippen molar-refractivity contribution in [2.75, 3.05) is 0 Å². The fraction of sp³-hybridized carbons (Fsp3) is 0.222. The molecule has 0 amide bonds. The van der Waals surface area contributed by atoms with Crippen molar-refractivity contribution >= 4 is 22.6 Å². The van der Waals surface area contributed by atoms with Gasteiger partial charge < -0.3 is 5.11 Å². The Morgan fingerprint density at radius 3 is 2.75 bits per heavy atom. The normalized spacial score (nSPS) is 12.2. The zero-order valence-corrected chi connectivity index (χ0v) is 8.74. The molecule has 0 aliphatic heterocycles. The molecule has 0 aromatic heterocycles. The maximum atomic E-state index is 9.18. The fourth-order valence-electron chi connectivity index (χ4n) is 0.854. The van der Waals surface area contributed by atoms with Gasteiger partial charge in [0.05, 0.1) is 6.07 Å². The highest BCUT2D eigenvalue weighted by Crippen LogP contribution is 2.18. The van der Waals surface area contributed by atoms with Crippen LogP contribution in [0.1, 0.15) is 17.2 Å². The molecule has 2 nitrogen and oxygen atoms in total. The number of hydrogen-bond donors (Lipinski definition) is 1. The van der Waals surface area contributed by atoms with E-state index in [1.165, 1.54) is 0 Å². The van der Waals surface area contributed by atoms with Crippen molar-refractivity contribution in [1.29, 1.82) is 5.26 Å². The molecule has 62 valence electrons. The number of nitriles is 1. The second-order valence-electron chi connectivity index (χ2n) is 2.54. The molecule has 12 heavy (non-hydrogen) atoms. The van der Waals surface area contributed by atoms with E-state index in [4.69, 9.17) is 5.26 Å². The summed E-state index contributed by atoms with van der Waals surface area (Å²) in [5, 5.41) is 17.6. The van der Waals surface area contributed by atoms with Gasteiger partial charge in [-0.3, -0.25) is 0 Å². The average Bonchev–Trinajstić information content (AvgIpc) is 2.08. The van der Waals surface area contributed by atoms with Crippen LogP contribution in [0.5, 0.6) is 0 Å².